The molecule has 1 rings (SSSR count). The van der Waals surface area contributed by atoms with Crippen molar-refractivity contribution in [1.82, 2.24) is 0 Å². The lowest BCUT2D eigenvalue weighted by molar-refractivity contribution is -0.385. The van der Waals surface area contributed by atoms with Gasteiger partial charge in [-0.25, -0.2) is 0 Å². The van der Waals surface area contributed by atoms with E-state index in [1.165, 1.54) is 12.1 Å². The van der Waals surface area contributed by atoms with Gasteiger partial charge in [-0.05, 0) is 34.7 Å². The summed E-state index contributed by atoms with van der Waals surface area (Å²) in [6, 6.07) is 4.40. The summed E-state index contributed by atoms with van der Waals surface area (Å²) in [5, 5.41) is 11.1. The fraction of sp³-hybridized carbons (Fsp3) is 0.222. The van der Waals surface area contributed by atoms with Crippen molar-refractivity contribution in [1.29, 1.82) is 0 Å². The number of nitro groups is 1. The number of ketones is 1. The maximum absolute atomic E-state index is 11.5. The van der Waals surface area contributed by atoms with Gasteiger partial charge in [0.05, 0.1) is 8.49 Å². The SMILES string of the molecule is O=C(CCBr)c1ccc([N+](=O)[O-])c(I)c1. The van der Waals surface area contributed by atoms with Crippen molar-refractivity contribution in [3.05, 3.63) is 37.4 Å². The van der Waals surface area contributed by atoms with Crippen molar-refractivity contribution in [2.24, 2.45) is 0 Å². The minimum atomic E-state index is -0.458. The van der Waals surface area contributed by atoms with Crippen LogP contribution < -0.4 is 0 Å². The van der Waals surface area contributed by atoms with E-state index in [9.17, 15) is 14.9 Å². The molecule has 1 aromatic rings. The molecule has 15 heavy (non-hydrogen) atoms. The molecule has 0 atom stereocenters. The zero-order valence-electron chi connectivity index (χ0n) is 7.57. The van der Waals surface area contributed by atoms with Crippen molar-refractivity contribution < 1.29 is 9.72 Å². The minimum absolute atomic E-state index is 0.0142. The van der Waals surface area contributed by atoms with Crippen LogP contribution in [0.15, 0.2) is 18.2 Å². The molecule has 0 unspecified atom stereocenters. The number of nitro benzene ring substituents is 1. The van der Waals surface area contributed by atoms with Gasteiger partial charge in [0.25, 0.3) is 5.69 Å². The van der Waals surface area contributed by atoms with E-state index in [0.29, 0.717) is 20.9 Å². The molecule has 80 valence electrons. The fourth-order valence-corrected chi connectivity index (χ4v) is 2.13. The lowest BCUT2D eigenvalue weighted by Gasteiger charge is -2.00. The van der Waals surface area contributed by atoms with E-state index in [1.807, 2.05) is 22.6 Å². The highest BCUT2D eigenvalue weighted by Gasteiger charge is 2.14. The van der Waals surface area contributed by atoms with Crippen LogP contribution in [0.5, 0.6) is 0 Å². The van der Waals surface area contributed by atoms with E-state index >= 15 is 0 Å². The topological polar surface area (TPSA) is 60.2 Å². The Balaban J connectivity index is 3.01. The summed E-state index contributed by atoms with van der Waals surface area (Å²) in [6.07, 6.45) is 0.397. The summed E-state index contributed by atoms with van der Waals surface area (Å²) in [5.74, 6) is -0.0142. The normalized spacial score (nSPS) is 10.0. The van der Waals surface area contributed by atoms with E-state index in [-0.39, 0.29) is 11.5 Å². The van der Waals surface area contributed by atoms with Gasteiger partial charge in [-0.2, -0.15) is 0 Å². The summed E-state index contributed by atoms with van der Waals surface area (Å²) in [6.45, 7) is 0. The van der Waals surface area contributed by atoms with Crippen LogP contribution >= 0.6 is 38.5 Å². The van der Waals surface area contributed by atoms with Crippen molar-refractivity contribution in [3.63, 3.8) is 0 Å². The molecular formula is C9H7BrINO3. The third-order valence-electron chi connectivity index (χ3n) is 1.79. The molecule has 0 aliphatic heterocycles. The molecule has 4 nitrogen and oxygen atoms in total. The van der Waals surface area contributed by atoms with Crippen LogP contribution in [0, 0.1) is 13.7 Å². The molecule has 0 spiro atoms. The van der Waals surface area contributed by atoms with E-state index in [2.05, 4.69) is 15.9 Å². The number of rotatable bonds is 4. The smallest absolute Gasteiger partial charge is 0.282 e. The minimum Gasteiger partial charge on any atom is -0.294 e. The second-order valence-electron chi connectivity index (χ2n) is 2.79. The van der Waals surface area contributed by atoms with Crippen LogP contribution in [0.2, 0.25) is 0 Å². The molecule has 6 heteroatoms. The average Bonchev–Trinajstić information content (AvgIpc) is 2.17. The van der Waals surface area contributed by atoms with E-state index in [4.69, 9.17) is 0 Å². The second-order valence-corrected chi connectivity index (χ2v) is 4.74. The van der Waals surface area contributed by atoms with Crippen LogP contribution in [-0.2, 0) is 0 Å². The van der Waals surface area contributed by atoms with Crippen LogP contribution in [0.3, 0.4) is 0 Å². The molecule has 0 N–H and O–H groups in total. The molecule has 0 aliphatic rings. The fourth-order valence-electron chi connectivity index (χ4n) is 1.06. The highest BCUT2D eigenvalue weighted by molar-refractivity contribution is 14.1. The Hall–Kier alpha value is -0.500. The van der Waals surface area contributed by atoms with Gasteiger partial charge in [0.2, 0.25) is 0 Å². The van der Waals surface area contributed by atoms with Gasteiger partial charge in [-0.3, -0.25) is 14.9 Å². The van der Waals surface area contributed by atoms with Crippen LogP contribution in [0.1, 0.15) is 16.8 Å². The molecular weight excluding hydrogens is 377 g/mol. The van der Waals surface area contributed by atoms with Gasteiger partial charge in [0, 0.05) is 23.4 Å². The first-order valence-electron chi connectivity index (χ1n) is 4.09. The first-order valence-corrected chi connectivity index (χ1v) is 6.29. The summed E-state index contributed by atoms with van der Waals surface area (Å²) >= 11 is 5.03. The molecule has 1 aromatic carbocycles. The van der Waals surface area contributed by atoms with E-state index in [1.54, 1.807) is 6.07 Å². The van der Waals surface area contributed by atoms with Gasteiger partial charge in [-0.1, -0.05) is 15.9 Å². The molecule has 0 fully saturated rings. The van der Waals surface area contributed by atoms with E-state index in [0.717, 1.165) is 0 Å². The number of hydrogen-bond donors (Lipinski definition) is 0. The summed E-state index contributed by atoms with van der Waals surface area (Å²) < 4.78 is 0.484. The molecule has 0 bridgehead atoms. The molecule has 0 heterocycles. The lowest BCUT2D eigenvalue weighted by Crippen LogP contribution is -2.01. The Morgan fingerprint density at radius 1 is 1.53 bits per heavy atom. The highest BCUT2D eigenvalue weighted by atomic mass is 127. The van der Waals surface area contributed by atoms with Gasteiger partial charge >= 0.3 is 0 Å². The Bertz CT molecular complexity index is 408. The first kappa shape index (κ1) is 12.6. The van der Waals surface area contributed by atoms with Crippen molar-refractivity contribution >= 4 is 50.0 Å². The number of nitrogens with zero attached hydrogens (tertiary/aromatic N) is 1. The monoisotopic (exact) mass is 383 g/mol. The predicted molar refractivity (Wildman–Crippen MR) is 68.6 cm³/mol. The number of hydrogen-bond acceptors (Lipinski definition) is 3. The van der Waals surface area contributed by atoms with Gasteiger partial charge in [0.15, 0.2) is 5.78 Å². The maximum atomic E-state index is 11.5. The number of Topliss-reactive ketones (excluding diaryl/α,β-unsaturated/α-hetero) is 1. The van der Waals surface area contributed by atoms with Crippen LogP contribution in [0.4, 0.5) is 5.69 Å². The summed E-state index contributed by atoms with van der Waals surface area (Å²) in [7, 11) is 0. The number of halogens is 2. The zero-order valence-corrected chi connectivity index (χ0v) is 11.3. The Kier molecular flexibility index (Phi) is 4.65. The van der Waals surface area contributed by atoms with E-state index < -0.39 is 4.92 Å². The highest BCUT2D eigenvalue weighted by Crippen LogP contribution is 2.22. The molecule has 0 saturated carbocycles. The number of benzene rings is 1. The first-order chi connectivity index (χ1) is 7.06. The molecule has 0 saturated heterocycles. The van der Waals surface area contributed by atoms with Gasteiger partial charge in [0.1, 0.15) is 0 Å². The molecule has 0 radical (unpaired) electrons. The molecule has 0 aliphatic carbocycles. The lowest BCUT2D eigenvalue weighted by atomic mass is 10.1. The summed E-state index contributed by atoms with van der Waals surface area (Å²) in [5.41, 5.74) is 0.551. The average molecular weight is 384 g/mol. The largest absolute Gasteiger partial charge is 0.294 e. The third-order valence-corrected chi connectivity index (χ3v) is 3.05. The Morgan fingerprint density at radius 3 is 2.67 bits per heavy atom. The number of carbonyl (C=O) groups excluding carboxylic acids is 1. The maximum Gasteiger partial charge on any atom is 0.282 e. The van der Waals surface area contributed by atoms with Crippen molar-refractivity contribution in [2.75, 3.05) is 5.33 Å². The van der Waals surface area contributed by atoms with Gasteiger partial charge in [-0.15, -0.1) is 0 Å². The molecule has 0 amide bonds. The number of alkyl halides is 1. The van der Waals surface area contributed by atoms with Gasteiger partial charge < -0.3 is 0 Å². The summed E-state index contributed by atoms with van der Waals surface area (Å²) in [4.78, 5) is 21.6. The van der Waals surface area contributed by atoms with Crippen LogP contribution in [0.25, 0.3) is 0 Å². The Morgan fingerprint density at radius 2 is 2.20 bits per heavy atom. The van der Waals surface area contributed by atoms with Crippen molar-refractivity contribution in [2.45, 2.75) is 6.42 Å². The quantitative estimate of drug-likeness (QED) is 0.264. The molecule has 0 aromatic heterocycles. The third kappa shape index (κ3) is 3.23. The predicted octanol–water partition coefficient (Wildman–Crippen LogP) is 3.17. The number of carbonyl (C=O) groups is 1. The van der Waals surface area contributed by atoms with Crippen LogP contribution in [-0.4, -0.2) is 16.0 Å². The zero-order chi connectivity index (χ0) is 11.4. The standard InChI is InChI=1S/C9H7BrINO3/c10-4-3-9(13)6-1-2-8(12(14)15)7(11)5-6/h1-2,5H,3-4H2. The second kappa shape index (κ2) is 5.55. The Labute approximate surface area is 108 Å². The van der Waals surface area contributed by atoms with Crippen molar-refractivity contribution in [3.8, 4) is 0 Å².